The number of ether oxygens (including phenoxy) is 1. The molecule has 3 rings (SSSR count). The molecule has 0 aliphatic carbocycles. The number of nitrogens with zero attached hydrogens (tertiary/aromatic N) is 3. The highest BCUT2D eigenvalue weighted by molar-refractivity contribution is 6.28. The highest BCUT2D eigenvalue weighted by Crippen LogP contribution is 2.46. The summed E-state index contributed by atoms with van der Waals surface area (Å²) in [5, 5.41) is 0. The van der Waals surface area contributed by atoms with Crippen LogP contribution in [0.5, 0.6) is 0 Å². The van der Waals surface area contributed by atoms with Gasteiger partial charge < -0.3 is 9.64 Å². The Morgan fingerprint density at radius 2 is 1.68 bits per heavy atom. The van der Waals surface area contributed by atoms with Gasteiger partial charge >= 0.3 is 12.0 Å². The minimum atomic E-state index is -0.740. The van der Waals surface area contributed by atoms with Crippen LogP contribution in [0, 0.1) is 5.41 Å². The number of anilines is 1. The molecule has 0 radical (unpaired) electrons. The second-order valence-corrected chi connectivity index (χ2v) is 9.81. The Hall–Kier alpha value is -3.42. The third kappa shape index (κ3) is 4.24. The summed E-state index contributed by atoms with van der Waals surface area (Å²) in [5.41, 5.74) is 2.03. The molecule has 0 bridgehead atoms. The normalized spacial score (nSPS) is 20.4. The number of para-hydroxylation sites is 1. The average molecular weight is 468 g/mol. The van der Waals surface area contributed by atoms with Gasteiger partial charge in [-0.15, -0.1) is 0 Å². The Morgan fingerprint density at radius 3 is 2.29 bits per heavy atom. The number of urea groups is 1. The summed E-state index contributed by atoms with van der Waals surface area (Å²) in [6, 6.07) is 7.30. The van der Waals surface area contributed by atoms with Crippen molar-refractivity contribution in [2.75, 3.05) is 32.1 Å². The first-order valence-electron chi connectivity index (χ1n) is 11.4. The predicted molar refractivity (Wildman–Crippen MR) is 129 cm³/mol. The lowest BCUT2D eigenvalue weighted by Crippen LogP contribution is -2.55. The molecule has 1 aromatic rings. The van der Waals surface area contributed by atoms with E-state index >= 15 is 0 Å². The number of esters is 1. The van der Waals surface area contributed by atoms with Gasteiger partial charge in [0.2, 0.25) is 0 Å². The van der Waals surface area contributed by atoms with Gasteiger partial charge in [-0.05, 0) is 44.1 Å². The number of allylic oxidation sites excluding steroid dienone is 3. The number of imide groups is 2. The fourth-order valence-corrected chi connectivity index (χ4v) is 4.15. The smallest absolute Gasteiger partial charge is 0.333 e. The van der Waals surface area contributed by atoms with Gasteiger partial charge in [0, 0.05) is 30.9 Å². The topological polar surface area (TPSA) is 87.2 Å². The van der Waals surface area contributed by atoms with Gasteiger partial charge in [-0.2, -0.15) is 0 Å². The summed E-state index contributed by atoms with van der Waals surface area (Å²) in [5.74, 6) is -1.77. The van der Waals surface area contributed by atoms with Crippen LogP contribution in [-0.4, -0.2) is 60.9 Å². The standard InChI is InChI=1S/C26H33N3O5/c1-8-25(2,3)23(32)34-16-15-29-22(31)17(21(30)28(7)24(29)33)13-14-20-26(4,5)18-11-9-10-12-19(18)27(20)6/h9-14H,8,15-16H2,1-7H3/b17-13+,20-14+. The molecule has 8 nitrogen and oxygen atoms in total. The SMILES string of the molecule is CCC(C)(C)C(=O)OCCN1C(=O)/C(=C/C=C2/N(C)c3ccccc3C2(C)C)C(=O)N(C)C1=O. The van der Waals surface area contributed by atoms with Crippen molar-refractivity contribution in [2.24, 2.45) is 5.41 Å². The number of hydrogen-bond donors (Lipinski definition) is 0. The highest BCUT2D eigenvalue weighted by Gasteiger charge is 2.41. The van der Waals surface area contributed by atoms with E-state index in [0.717, 1.165) is 26.7 Å². The molecule has 0 aromatic heterocycles. The van der Waals surface area contributed by atoms with Crippen LogP contribution >= 0.6 is 0 Å². The van der Waals surface area contributed by atoms with Crippen LogP contribution < -0.4 is 4.90 Å². The molecule has 182 valence electrons. The zero-order chi connectivity index (χ0) is 25.4. The molecule has 2 aliphatic rings. The molecule has 2 aliphatic heterocycles. The number of likely N-dealkylation sites (N-methyl/N-ethyl adjacent to an activating group) is 2. The maximum atomic E-state index is 13.1. The summed E-state index contributed by atoms with van der Waals surface area (Å²) in [6.07, 6.45) is 3.84. The molecule has 1 fully saturated rings. The van der Waals surface area contributed by atoms with Gasteiger partial charge in [0.05, 0.1) is 12.0 Å². The van der Waals surface area contributed by atoms with Crippen LogP contribution in [0.1, 0.15) is 46.6 Å². The van der Waals surface area contributed by atoms with E-state index in [4.69, 9.17) is 4.74 Å². The fourth-order valence-electron chi connectivity index (χ4n) is 4.15. The molecule has 34 heavy (non-hydrogen) atoms. The Balaban J connectivity index is 1.84. The van der Waals surface area contributed by atoms with Gasteiger partial charge in [0.25, 0.3) is 11.8 Å². The number of rotatable bonds is 6. The molecule has 1 saturated heterocycles. The Labute approximate surface area is 200 Å². The van der Waals surface area contributed by atoms with E-state index in [2.05, 4.69) is 19.9 Å². The van der Waals surface area contributed by atoms with Crippen LogP contribution in [0.25, 0.3) is 0 Å². The molecular weight excluding hydrogens is 434 g/mol. The van der Waals surface area contributed by atoms with Gasteiger partial charge in [-0.25, -0.2) is 4.79 Å². The Kier molecular flexibility index (Phi) is 6.73. The minimum absolute atomic E-state index is 0.116. The van der Waals surface area contributed by atoms with E-state index < -0.39 is 29.2 Å². The molecule has 0 unspecified atom stereocenters. The minimum Gasteiger partial charge on any atom is -0.463 e. The van der Waals surface area contributed by atoms with Gasteiger partial charge in [-0.3, -0.25) is 24.2 Å². The van der Waals surface area contributed by atoms with Crippen molar-refractivity contribution in [2.45, 2.75) is 46.5 Å². The van der Waals surface area contributed by atoms with Crippen LogP contribution in [0.3, 0.4) is 0 Å². The van der Waals surface area contributed by atoms with Crippen molar-refractivity contribution in [3.8, 4) is 0 Å². The zero-order valence-corrected chi connectivity index (χ0v) is 21.0. The Morgan fingerprint density at radius 1 is 1.03 bits per heavy atom. The van der Waals surface area contributed by atoms with Crippen LogP contribution in [0.15, 0.2) is 47.7 Å². The number of carbonyl (C=O) groups excluding carboxylic acids is 4. The second-order valence-electron chi connectivity index (χ2n) is 9.81. The van der Waals surface area contributed by atoms with Crippen molar-refractivity contribution < 1.29 is 23.9 Å². The van der Waals surface area contributed by atoms with E-state index in [1.807, 2.05) is 37.1 Å². The number of carbonyl (C=O) groups is 4. The summed E-state index contributed by atoms with van der Waals surface area (Å²) in [4.78, 5) is 54.6. The van der Waals surface area contributed by atoms with Crippen molar-refractivity contribution in [1.82, 2.24) is 9.80 Å². The summed E-state index contributed by atoms with van der Waals surface area (Å²) >= 11 is 0. The number of benzene rings is 1. The molecule has 2 heterocycles. The molecular formula is C26H33N3O5. The maximum Gasteiger partial charge on any atom is 0.333 e. The molecule has 0 saturated carbocycles. The van der Waals surface area contributed by atoms with Gasteiger partial charge in [-0.1, -0.05) is 39.0 Å². The summed E-state index contributed by atoms with van der Waals surface area (Å²) < 4.78 is 5.29. The van der Waals surface area contributed by atoms with E-state index in [-0.39, 0.29) is 24.1 Å². The molecule has 4 amide bonds. The van der Waals surface area contributed by atoms with Crippen molar-refractivity contribution in [3.05, 3.63) is 53.3 Å². The number of hydrogen-bond acceptors (Lipinski definition) is 6. The Bertz CT molecular complexity index is 1100. The third-order valence-corrected chi connectivity index (χ3v) is 6.86. The lowest BCUT2D eigenvalue weighted by molar-refractivity contribution is -0.155. The van der Waals surface area contributed by atoms with Crippen LogP contribution in [-0.2, 0) is 24.5 Å². The average Bonchev–Trinajstić information content (AvgIpc) is 3.00. The lowest BCUT2D eigenvalue weighted by atomic mass is 9.83. The molecule has 8 heteroatoms. The number of barbiturate groups is 1. The summed E-state index contributed by atoms with van der Waals surface area (Å²) in [6.45, 7) is 9.32. The molecule has 1 aromatic carbocycles. The third-order valence-electron chi connectivity index (χ3n) is 6.86. The first kappa shape index (κ1) is 25.2. The lowest BCUT2D eigenvalue weighted by Gasteiger charge is -2.32. The molecule has 0 spiro atoms. The molecule has 0 atom stereocenters. The van der Waals surface area contributed by atoms with E-state index in [1.54, 1.807) is 19.9 Å². The monoisotopic (exact) mass is 467 g/mol. The second kappa shape index (κ2) is 9.08. The van der Waals surface area contributed by atoms with Gasteiger partial charge in [0.1, 0.15) is 12.2 Å². The van der Waals surface area contributed by atoms with Crippen molar-refractivity contribution in [1.29, 1.82) is 0 Å². The fraction of sp³-hybridized carbons (Fsp3) is 0.462. The van der Waals surface area contributed by atoms with Crippen LogP contribution in [0.4, 0.5) is 10.5 Å². The van der Waals surface area contributed by atoms with Gasteiger partial charge in [0.15, 0.2) is 0 Å². The number of amides is 4. The van der Waals surface area contributed by atoms with Crippen LogP contribution in [0.2, 0.25) is 0 Å². The quantitative estimate of drug-likeness (QED) is 0.361. The highest BCUT2D eigenvalue weighted by atomic mass is 16.5. The zero-order valence-electron chi connectivity index (χ0n) is 21.0. The van der Waals surface area contributed by atoms with E-state index in [1.165, 1.54) is 13.1 Å². The summed E-state index contributed by atoms with van der Waals surface area (Å²) in [7, 11) is 3.27. The van der Waals surface area contributed by atoms with Crippen molar-refractivity contribution in [3.63, 3.8) is 0 Å². The maximum absolute atomic E-state index is 13.1. The first-order valence-corrected chi connectivity index (χ1v) is 11.4. The number of fused-ring (bicyclic) bond motifs is 1. The molecule has 0 N–H and O–H groups in total. The largest absolute Gasteiger partial charge is 0.463 e. The van der Waals surface area contributed by atoms with Crippen molar-refractivity contribution >= 4 is 29.5 Å². The first-order chi connectivity index (χ1) is 15.8. The van der Waals surface area contributed by atoms with E-state index in [0.29, 0.717) is 6.42 Å². The predicted octanol–water partition coefficient (Wildman–Crippen LogP) is 3.62. The van der Waals surface area contributed by atoms with E-state index in [9.17, 15) is 19.2 Å².